The van der Waals surface area contributed by atoms with Gasteiger partial charge in [0, 0.05) is 24.4 Å². The first kappa shape index (κ1) is 16.7. The summed E-state index contributed by atoms with van der Waals surface area (Å²) >= 11 is 5.94. The molecule has 0 aromatic carbocycles. The number of ether oxygens (including phenoxy) is 1. The number of nitrogens with one attached hydrogen (secondary N) is 1. The molecule has 0 amide bonds. The van der Waals surface area contributed by atoms with E-state index in [-0.39, 0.29) is 35.4 Å². The Kier molecular flexibility index (Phi) is 4.46. The summed E-state index contributed by atoms with van der Waals surface area (Å²) < 4.78 is 45.6. The van der Waals surface area contributed by atoms with E-state index in [0.717, 1.165) is 6.07 Å². The summed E-state index contributed by atoms with van der Waals surface area (Å²) in [5.74, 6) is -3.96. The molecule has 1 N–H and O–H groups in total. The molecule has 1 saturated heterocycles. The van der Waals surface area contributed by atoms with E-state index in [2.05, 4.69) is 15.0 Å². The Morgan fingerprint density at radius 2 is 2.21 bits per heavy atom. The SMILES string of the molecule is O=c1[nH]c(-c2ccnc(F)c2)nc(N2CCOCC(F)(F)C2)c1Cl. The second kappa shape index (κ2) is 6.40. The predicted octanol–water partition coefficient (Wildman–Crippen LogP) is 2.10. The number of halogens is 4. The van der Waals surface area contributed by atoms with Crippen LogP contribution < -0.4 is 10.5 Å². The average Bonchev–Trinajstić information content (AvgIpc) is 2.70. The van der Waals surface area contributed by atoms with Gasteiger partial charge in [0.2, 0.25) is 5.95 Å². The summed E-state index contributed by atoms with van der Waals surface area (Å²) in [5, 5.41) is -0.314. The van der Waals surface area contributed by atoms with E-state index in [0.29, 0.717) is 0 Å². The average molecular weight is 361 g/mol. The Labute approximate surface area is 139 Å². The van der Waals surface area contributed by atoms with Crippen LogP contribution in [0.1, 0.15) is 0 Å². The van der Waals surface area contributed by atoms with Crippen molar-refractivity contribution in [1.29, 1.82) is 0 Å². The van der Waals surface area contributed by atoms with Gasteiger partial charge in [-0.25, -0.2) is 18.7 Å². The van der Waals surface area contributed by atoms with E-state index in [1.165, 1.54) is 17.2 Å². The monoisotopic (exact) mass is 360 g/mol. The highest BCUT2D eigenvalue weighted by Crippen LogP contribution is 2.27. The summed E-state index contributed by atoms with van der Waals surface area (Å²) in [6, 6.07) is 2.50. The third kappa shape index (κ3) is 3.51. The lowest BCUT2D eigenvalue weighted by atomic mass is 10.2. The Bertz CT molecular complexity index is 815. The quantitative estimate of drug-likeness (QED) is 0.830. The third-order valence-corrected chi connectivity index (χ3v) is 3.73. The molecular formula is C14H12ClF3N4O2. The Morgan fingerprint density at radius 3 is 2.96 bits per heavy atom. The number of alkyl halides is 2. The highest BCUT2D eigenvalue weighted by atomic mass is 35.5. The minimum atomic E-state index is -3.10. The first-order chi connectivity index (χ1) is 11.4. The fourth-order valence-electron chi connectivity index (χ4n) is 2.32. The molecular weight excluding hydrogens is 349 g/mol. The fraction of sp³-hybridized carbons (Fsp3) is 0.357. The molecule has 128 valence electrons. The van der Waals surface area contributed by atoms with Crippen LogP contribution in [0, 0.1) is 5.95 Å². The minimum absolute atomic E-state index is 0.00850. The normalized spacial score (nSPS) is 17.6. The van der Waals surface area contributed by atoms with Gasteiger partial charge in [-0.2, -0.15) is 4.39 Å². The van der Waals surface area contributed by atoms with Gasteiger partial charge in [-0.15, -0.1) is 0 Å². The van der Waals surface area contributed by atoms with Gasteiger partial charge in [0.05, 0.1) is 13.2 Å². The van der Waals surface area contributed by atoms with E-state index in [9.17, 15) is 18.0 Å². The van der Waals surface area contributed by atoms with E-state index < -0.39 is 30.6 Å². The fourth-order valence-corrected chi connectivity index (χ4v) is 2.53. The van der Waals surface area contributed by atoms with E-state index in [4.69, 9.17) is 16.3 Å². The molecule has 3 heterocycles. The van der Waals surface area contributed by atoms with Crippen LogP contribution in [0.2, 0.25) is 5.02 Å². The zero-order chi connectivity index (χ0) is 17.3. The van der Waals surface area contributed by atoms with Crippen LogP contribution in [0.5, 0.6) is 0 Å². The number of rotatable bonds is 2. The molecule has 24 heavy (non-hydrogen) atoms. The maximum absolute atomic E-state index is 13.7. The number of pyridine rings is 1. The van der Waals surface area contributed by atoms with E-state index in [1.54, 1.807) is 0 Å². The summed E-state index contributed by atoms with van der Waals surface area (Å²) in [5.41, 5.74) is -0.460. The van der Waals surface area contributed by atoms with Gasteiger partial charge in [-0.1, -0.05) is 11.6 Å². The largest absolute Gasteiger partial charge is 0.373 e. The number of aromatic amines is 1. The van der Waals surface area contributed by atoms with Crippen LogP contribution in [0.15, 0.2) is 23.1 Å². The van der Waals surface area contributed by atoms with Crippen LogP contribution in [0.3, 0.4) is 0 Å². The molecule has 6 nitrogen and oxygen atoms in total. The number of nitrogens with zero attached hydrogens (tertiary/aromatic N) is 3. The number of hydrogen-bond acceptors (Lipinski definition) is 5. The number of H-pyrrole nitrogens is 1. The highest BCUT2D eigenvalue weighted by Gasteiger charge is 2.36. The molecule has 0 radical (unpaired) electrons. The Balaban J connectivity index is 2.06. The highest BCUT2D eigenvalue weighted by molar-refractivity contribution is 6.32. The van der Waals surface area contributed by atoms with Gasteiger partial charge in [-0.05, 0) is 6.07 Å². The van der Waals surface area contributed by atoms with Crippen molar-refractivity contribution in [2.75, 3.05) is 31.2 Å². The number of aromatic nitrogens is 3. The maximum atomic E-state index is 13.7. The van der Waals surface area contributed by atoms with E-state index >= 15 is 0 Å². The van der Waals surface area contributed by atoms with Crippen molar-refractivity contribution in [3.8, 4) is 11.4 Å². The number of hydrogen-bond donors (Lipinski definition) is 1. The third-order valence-electron chi connectivity index (χ3n) is 3.39. The zero-order valence-corrected chi connectivity index (χ0v) is 13.0. The lowest BCUT2D eigenvalue weighted by molar-refractivity contribution is -0.0564. The molecule has 0 atom stereocenters. The first-order valence-electron chi connectivity index (χ1n) is 6.98. The van der Waals surface area contributed by atoms with Crippen molar-refractivity contribution in [3.05, 3.63) is 39.7 Å². The lowest BCUT2D eigenvalue weighted by Gasteiger charge is -2.25. The summed E-state index contributed by atoms with van der Waals surface area (Å²) in [7, 11) is 0. The molecule has 2 aromatic rings. The Hall–Kier alpha value is -2.13. The molecule has 10 heteroatoms. The van der Waals surface area contributed by atoms with Gasteiger partial charge in [-0.3, -0.25) is 4.79 Å². The molecule has 0 saturated carbocycles. The van der Waals surface area contributed by atoms with Gasteiger partial charge in [0.1, 0.15) is 17.5 Å². The van der Waals surface area contributed by atoms with Gasteiger partial charge in [0.15, 0.2) is 5.82 Å². The van der Waals surface area contributed by atoms with Crippen molar-refractivity contribution in [2.24, 2.45) is 0 Å². The van der Waals surface area contributed by atoms with Crippen molar-refractivity contribution in [2.45, 2.75) is 5.92 Å². The molecule has 3 rings (SSSR count). The minimum Gasteiger partial charge on any atom is -0.373 e. The standard InChI is InChI=1S/C14H12ClF3N4O2/c15-10-12(22-3-4-24-7-14(17,18)6-22)20-11(21-13(10)23)8-1-2-19-9(16)5-8/h1-2,5H,3-4,6-7H2,(H,20,21,23). The van der Waals surface area contributed by atoms with Crippen molar-refractivity contribution >= 4 is 17.4 Å². The van der Waals surface area contributed by atoms with Crippen molar-refractivity contribution in [3.63, 3.8) is 0 Å². The summed E-state index contributed by atoms with van der Waals surface area (Å²) in [6.45, 7) is -1.27. The molecule has 0 spiro atoms. The summed E-state index contributed by atoms with van der Waals surface area (Å²) in [4.78, 5) is 23.1. The second-order valence-electron chi connectivity index (χ2n) is 5.25. The van der Waals surface area contributed by atoms with Gasteiger partial charge in [0.25, 0.3) is 11.5 Å². The van der Waals surface area contributed by atoms with Crippen LogP contribution in [0.25, 0.3) is 11.4 Å². The zero-order valence-electron chi connectivity index (χ0n) is 12.2. The predicted molar refractivity (Wildman–Crippen MR) is 81.0 cm³/mol. The summed E-state index contributed by atoms with van der Waals surface area (Å²) in [6.07, 6.45) is 1.20. The van der Waals surface area contributed by atoms with Crippen molar-refractivity contribution in [1.82, 2.24) is 15.0 Å². The van der Waals surface area contributed by atoms with Crippen molar-refractivity contribution < 1.29 is 17.9 Å². The van der Waals surface area contributed by atoms with Crippen LogP contribution in [-0.4, -0.2) is 47.2 Å². The maximum Gasteiger partial charge on any atom is 0.288 e. The molecule has 1 aliphatic rings. The number of anilines is 1. The smallest absolute Gasteiger partial charge is 0.288 e. The van der Waals surface area contributed by atoms with E-state index in [1.807, 2.05) is 0 Å². The molecule has 2 aromatic heterocycles. The molecule has 1 fully saturated rings. The molecule has 0 aliphatic carbocycles. The molecule has 0 unspecified atom stereocenters. The molecule has 0 bridgehead atoms. The Morgan fingerprint density at radius 1 is 1.42 bits per heavy atom. The molecule has 1 aliphatic heterocycles. The van der Waals surface area contributed by atoms with Crippen LogP contribution in [0.4, 0.5) is 19.0 Å². The van der Waals surface area contributed by atoms with Gasteiger partial charge >= 0.3 is 0 Å². The lowest BCUT2D eigenvalue weighted by Crippen LogP contribution is -2.38. The van der Waals surface area contributed by atoms with Gasteiger partial charge < -0.3 is 14.6 Å². The van der Waals surface area contributed by atoms with Crippen LogP contribution in [-0.2, 0) is 4.74 Å². The second-order valence-corrected chi connectivity index (χ2v) is 5.63. The van der Waals surface area contributed by atoms with Crippen LogP contribution >= 0.6 is 11.6 Å². The topological polar surface area (TPSA) is 71.1 Å². The first-order valence-corrected chi connectivity index (χ1v) is 7.36.